The standard InChI is InChI=1S/C11H12FN3/c1-8-4-5-15(14-8)11-3-2-9(7-13)6-10(11)12/h2-6H,7,13H2,1H3. The predicted octanol–water partition coefficient (Wildman–Crippen LogP) is 1.78. The highest BCUT2D eigenvalue weighted by Crippen LogP contribution is 2.14. The quantitative estimate of drug-likeness (QED) is 0.812. The molecule has 0 amide bonds. The van der Waals surface area contributed by atoms with Crippen molar-refractivity contribution < 1.29 is 4.39 Å². The third kappa shape index (κ3) is 1.89. The van der Waals surface area contributed by atoms with Gasteiger partial charge in [0.25, 0.3) is 0 Å². The van der Waals surface area contributed by atoms with Crippen molar-refractivity contribution in [1.29, 1.82) is 0 Å². The Labute approximate surface area is 87.3 Å². The van der Waals surface area contributed by atoms with Crippen molar-refractivity contribution >= 4 is 0 Å². The van der Waals surface area contributed by atoms with Crippen LogP contribution in [0.1, 0.15) is 11.3 Å². The maximum Gasteiger partial charge on any atom is 0.149 e. The molecule has 0 atom stereocenters. The summed E-state index contributed by atoms with van der Waals surface area (Å²) in [5, 5.41) is 4.14. The summed E-state index contributed by atoms with van der Waals surface area (Å²) >= 11 is 0. The summed E-state index contributed by atoms with van der Waals surface area (Å²) in [5.41, 5.74) is 7.50. The lowest BCUT2D eigenvalue weighted by atomic mass is 10.2. The number of nitrogens with two attached hydrogens (primary N) is 1. The van der Waals surface area contributed by atoms with E-state index in [1.54, 1.807) is 18.3 Å². The van der Waals surface area contributed by atoms with E-state index >= 15 is 0 Å². The number of halogens is 1. The molecule has 2 aromatic rings. The van der Waals surface area contributed by atoms with Gasteiger partial charge in [-0.2, -0.15) is 5.10 Å². The molecule has 3 nitrogen and oxygen atoms in total. The van der Waals surface area contributed by atoms with Gasteiger partial charge in [0.15, 0.2) is 0 Å². The first-order chi connectivity index (χ1) is 7.20. The van der Waals surface area contributed by atoms with Crippen LogP contribution in [0.2, 0.25) is 0 Å². The molecule has 0 fully saturated rings. The molecular formula is C11H12FN3. The molecule has 2 rings (SSSR count). The van der Waals surface area contributed by atoms with E-state index in [0.717, 1.165) is 11.3 Å². The molecule has 0 bridgehead atoms. The third-order valence-corrected chi connectivity index (χ3v) is 2.22. The van der Waals surface area contributed by atoms with E-state index in [-0.39, 0.29) is 5.82 Å². The zero-order valence-corrected chi connectivity index (χ0v) is 8.44. The smallest absolute Gasteiger partial charge is 0.149 e. The van der Waals surface area contributed by atoms with Crippen LogP contribution in [0.4, 0.5) is 4.39 Å². The number of aryl methyl sites for hydroxylation is 1. The van der Waals surface area contributed by atoms with E-state index in [1.807, 2.05) is 13.0 Å². The zero-order valence-electron chi connectivity index (χ0n) is 8.44. The van der Waals surface area contributed by atoms with E-state index in [0.29, 0.717) is 12.2 Å². The van der Waals surface area contributed by atoms with Gasteiger partial charge in [-0.1, -0.05) is 6.07 Å². The Hall–Kier alpha value is -1.68. The molecule has 0 radical (unpaired) electrons. The summed E-state index contributed by atoms with van der Waals surface area (Å²) in [6, 6.07) is 6.75. The van der Waals surface area contributed by atoms with Gasteiger partial charge in [-0.15, -0.1) is 0 Å². The molecule has 1 heterocycles. The third-order valence-electron chi connectivity index (χ3n) is 2.22. The number of hydrogen-bond donors (Lipinski definition) is 1. The second-order valence-corrected chi connectivity index (χ2v) is 3.39. The van der Waals surface area contributed by atoms with E-state index < -0.39 is 0 Å². The van der Waals surface area contributed by atoms with Gasteiger partial charge in [-0.3, -0.25) is 0 Å². The largest absolute Gasteiger partial charge is 0.326 e. The number of benzene rings is 1. The van der Waals surface area contributed by atoms with Crippen LogP contribution in [0, 0.1) is 12.7 Å². The fourth-order valence-corrected chi connectivity index (χ4v) is 1.41. The highest BCUT2D eigenvalue weighted by Gasteiger charge is 2.05. The van der Waals surface area contributed by atoms with Gasteiger partial charge >= 0.3 is 0 Å². The van der Waals surface area contributed by atoms with Gasteiger partial charge in [-0.05, 0) is 30.7 Å². The lowest BCUT2D eigenvalue weighted by Gasteiger charge is -2.04. The fourth-order valence-electron chi connectivity index (χ4n) is 1.41. The van der Waals surface area contributed by atoms with Crippen molar-refractivity contribution in [1.82, 2.24) is 9.78 Å². The molecule has 0 aliphatic heterocycles. The topological polar surface area (TPSA) is 43.8 Å². The van der Waals surface area contributed by atoms with Gasteiger partial charge in [0.2, 0.25) is 0 Å². The van der Waals surface area contributed by atoms with Crippen LogP contribution in [0.25, 0.3) is 5.69 Å². The Kier molecular flexibility index (Phi) is 2.51. The molecular weight excluding hydrogens is 193 g/mol. The Morgan fingerprint density at radius 3 is 2.73 bits per heavy atom. The van der Waals surface area contributed by atoms with E-state index in [2.05, 4.69) is 5.10 Å². The van der Waals surface area contributed by atoms with Gasteiger partial charge in [0, 0.05) is 12.7 Å². The SMILES string of the molecule is Cc1ccn(-c2ccc(CN)cc2F)n1. The first-order valence-corrected chi connectivity index (χ1v) is 4.72. The molecule has 0 aliphatic carbocycles. The van der Waals surface area contributed by atoms with Crippen molar-refractivity contribution in [2.24, 2.45) is 5.73 Å². The monoisotopic (exact) mass is 205 g/mol. The Morgan fingerprint density at radius 1 is 1.40 bits per heavy atom. The van der Waals surface area contributed by atoms with Gasteiger partial charge < -0.3 is 5.73 Å². The van der Waals surface area contributed by atoms with Crippen molar-refractivity contribution in [3.05, 3.63) is 47.5 Å². The van der Waals surface area contributed by atoms with E-state index in [9.17, 15) is 4.39 Å². The average molecular weight is 205 g/mol. The summed E-state index contributed by atoms with van der Waals surface area (Å²) in [4.78, 5) is 0. The minimum atomic E-state index is -0.305. The Balaban J connectivity index is 2.45. The second-order valence-electron chi connectivity index (χ2n) is 3.39. The van der Waals surface area contributed by atoms with E-state index in [4.69, 9.17) is 5.73 Å². The lowest BCUT2D eigenvalue weighted by molar-refractivity contribution is 0.608. The molecule has 2 N–H and O–H groups in total. The fraction of sp³-hybridized carbons (Fsp3) is 0.182. The van der Waals surface area contributed by atoms with Crippen LogP contribution in [0.3, 0.4) is 0 Å². The first kappa shape index (κ1) is 9.86. The van der Waals surface area contributed by atoms with Gasteiger partial charge in [0.1, 0.15) is 11.5 Å². The molecule has 4 heteroatoms. The van der Waals surface area contributed by atoms with Gasteiger partial charge in [-0.25, -0.2) is 9.07 Å². The first-order valence-electron chi connectivity index (χ1n) is 4.72. The number of nitrogens with zero attached hydrogens (tertiary/aromatic N) is 2. The summed E-state index contributed by atoms with van der Waals surface area (Å²) in [5.74, 6) is -0.305. The van der Waals surface area contributed by atoms with Crippen LogP contribution < -0.4 is 5.73 Å². The van der Waals surface area contributed by atoms with E-state index in [1.165, 1.54) is 10.7 Å². The Morgan fingerprint density at radius 2 is 2.20 bits per heavy atom. The summed E-state index contributed by atoms with van der Waals surface area (Å²) in [6.07, 6.45) is 1.73. The summed E-state index contributed by atoms with van der Waals surface area (Å²) < 4.78 is 15.1. The number of rotatable bonds is 2. The van der Waals surface area contributed by atoms with Crippen LogP contribution in [0.5, 0.6) is 0 Å². The lowest BCUT2D eigenvalue weighted by Crippen LogP contribution is -2.02. The minimum Gasteiger partial charge on any atom is -0.326 e. The summed E-state index contributed by atoms with van der Waals surface area (Å²) in [6.45, 7) is 2.21. The van der Waals surface area contributed by atoms with Crippen molar-refractivity contribution in [2.75, 3.05) is 0 Å². The van der Waals surface area contributed by atoms with Crippen LogP contribution in [-0.2, 0) is 6.54 Å². The maximum atomic E-state index is 13.6. The number of aromatic nitrogens is 2. The van der Waals surface area contributed by atoms with Crippen LogP contribution in [0.15, 0.2) is 30.5 Å². The predicted molar refractivity (Wildman–Crippen MR) is 56.2 cm³/mol. The molecule has 1 aromatic heterocycles. The molecule has 15 heavy (non-hydrogen) atoms. The van der Waals surface area contributed by atoms with Crippen LogP contribution >= 0.6 is 0 Å². The highest BCUT2D eigenvalue weighted by molar-refractivity contribution is 5.35. The number of hydrogen-bond acceptors (Lipinski definition) is 2. The van der Waals surface area contributed by atoms with Crippen molar-refractivity contribution in [3.63, 3.8) is 0 Å². The summed E-state index contributed by atoms with van der Waals surface area (Å²) in [7, 11) is 0. The normalized spacial score (nSPS) is 10.6. The minimum absolute atomic E-state index is 0.305. The average Bonchev–Trinajstić information content (AvgIpc) is 2.64. The van der Waals surface area contributed by atoms with Crippen molar-refractivity contribution in [3.8, 4) is 5.69 Å². The zero-order chi connectivity index (χ0) is 10.8. The van der Waals surface area contributed by atoms with Crippen LogP contribution in [-0.4, -0.2) is 9.78 Å². The highest BCUT2D eigenvalue weighted by atomic mass is 19.1. The molecule has 0 unspecified atom stereocenters. The molecule has 78 valence electrons. The molecule has 0 saturated heterocycles. The van der Waals surface area contributed by atoms with Crippen molar-refractivity contribution in [2.45, 2.75) is 13.5 Å². The maximum absolute atomic E-state index is 13.6. The second kappa shape index (κ2) is 3.82. The molecule has 0 spiro atoms. The molecule has 1 aromatic carbocycles. The Bertz CT molecular complexity index is 476. The molecule has 0 saturated carbocycles. The van der Waals surface area contributed by atoms with Gasteiger partial charge in [0.05, 0.1) is 5.69 Å². The molecule has 0 aliphatic rings.